The van der Waals surface area contributed by atoms with E-state index in [1.54, 1.807) is 15.9 Å². The molecule has 0 N–H and O–H groups in total. The number of piperazine rings is 1. The average molecular weight is 438 g/mol. The number of halogens is 3. The summed E-state index contributed by atoms with van der Waals surface area (Å²) in [5.74, 6) is 0.302. The molecule has 10 heteroatoms. The maximum atomic E-state index is 13.1. The third-order valence-electron chi connectivity index (χ3n) is 5.52. The lowest BCUT2D eigenvalue weighted by molar-refractivity contribution is -0.138. The smallest absolute Gasteiger partial charge is 0.353 e. The van der Waals surface area contributed by atoms with E-state index in [4.69, 9.17) is 0 Å². The van der Waals surface area contributed by atoms with Crippen LogP contribution in [0.4, 0.5) is 19.0 Å². The summed E-state index contributed by atoms with van der Waals surface area (Å²) >= 11 is 1.37. The molecule has 2 aromatic rings. The second-order valence-electron chi connectivity index (χ2n) is 7.35. The van der Waals surface area contributed by atoms with E-state index in [1.165, 1.54) is 17.4 Å². The van der Waals surface area contributed by atoms with Crippen LogP contribution in [0, 0.1) is 0 Å². The highest BCUT2D eigenvalue weighted by molar-refractivity contribution is 7.12. The molecule has 0 saturated carbocycles. The molecular weight excluding hydrogens is 417 g/mol. The van der Waals surface area contributed by atoms with E-state index in [0.717, 1.165) is 18.7 Å². The fourth-order valence-electron chi connectivity index (χ4n) is 3.92. The topological polar surface area (TPSA) is 56.8 Å². The molecule has 160 valence electrons. The van der Waals surface area contributed by atoms with Gasteiger partial charge in [-0.25, -0.2) is 4.98 Å². The summed E-state index contributed by atoms with van der Waals surface area (Å²) in [6, 6.07) is 5.52. The van der Waals surface area contributed by atoms with Gasteiger partial charge < -0.3 is 14.7 Å². The quantitative estimate of drug-likeness (QED) is 0.739. The standard InChI is InChI=1S/C20H21F3N4O2S/c21-20(22,23)14-5-6-17(24-13-14)25-8-10-26(11-9-25)18(28)15-3-1-7-27(15)19(29)16-4-2-12-30-16/h2,4-6,12-13,15H,1,3,7-11H2. The number of thiophene rings is 1. The van der Waals surface area contributed by atoms with Crippen LogP contribution in [0.2, 0.25) is 0 Å². The fourth-order valence-corrected chi connectivity index (χ4v) is 4.59. The van der Waals surface area contributed by atoms with Crippen LogP contribution in [0.15, 0.2) is 35.8 Å². The summed E-state index contributed by atoms with van der Waals surface area (Å²) in [5, 5.41) is 1.84. The fraction of sp³-hybridized carbons (Fsp3) is 0.450. The van der Waals surface area contributed by atoms with E-state index < -0.39 is 17.8 Å². The van der Waals surface area contributed by atoms with Gasteiger partial charge in [-0.1, -0.05) is 6.07 Å². The minimum Gasteiger partial charge on any atom is -0.353 e. The Balaban J connectivity index is 1.36. The molecule has 1 atom stereocenters. The zero-order chi connectivity index (χ0) is 21.3. The summed E-state index contributed by atoms with van der Waals surface area (Å²) in [5.41, 5.74) is -0.781. The van der Waals surface area contributed by atoms with Crippen LogP contribution in [0.1, 0.15) is 28.1 Å². The molecule has 1 unspecified atom stereocenters. The minimum absolute atomic E-state index is 0.0579. The maximum absolute atomic E-state index is 13.1. The Morgan fingerprint density at radius 3 is 2.43 bits per heavy atom. The van der Waals surface area contributed by atoms with Crippen LogP contribution in [-0.2, 0) is 11.0 Å². The van der Waals surface area contributed by atoms with Gasteiger partial charge in [-0.2, -0.15) is 13.2 Å². The number of nitrogens with zero attached hydrogens (tertiary/aromatic N) is 4. The molecule has 0 bridgehead atoms. The SMILES string of the molecule is O=C(C1CCCN1C(=O)c1cccs1)N1CCN(c2ccc(C(F)(F)F)cn2)CC1. The van der Waals surface area contributed by atoms with Crippen molar-refractivity contribution in [3.63, 3.8) is 0 Å². The van der Waals surface area contributed by atoms with Gasteiger partial charge in [0.1, 0.15) is 11.9 Å². The zero-order valence-electron chi connectivity index (χ0n) is 16.1. The molecular formula is C20H21F3N4O2S. The lowest BCUT2D eigenvalue weighted by Crippen LogP contribution is -2.54. The Morgan fingerprint density at radius 2 is 1.83 bits per heavy atom. The van der Waals surface area contributed by atoms with Crippen molar-refractivity contribution < 1.29 is 22.8 Å². The van der Waals surface area contributed by atoms with Crippen LogP contribution in [-0.4, -0.2) is 65.4 Å². The predicted molar refractivity (Wildman–Crippen MR) is 106 cm³/mol. The molecule has 30 heavy (non-hydrogen) atoms. The van der Waals surface area contributed by atoms with Gasteiger partial charge in [0, 0.05) is 38.9 Å². The lowest BCUT2D eigenvalue weighted by Gasteiger charge is -2.37. The van der Waals surface area contributed by atoms with Crippen molar-refractivity contribution in [2.45, 2.75) is 25.1 Å². The minimum atomic E-state index is -4.41. The van der Waals surface area contributed by atoms with Gasteiger partial charge in [0.05, 0.1) is 10.4 Å². The number of alkyl halides is 3. The van der Waals surface area contributed by atoms with Crippen molar-refractivity contribution >= 4 is 29.0 Å². The first-order chi connectivity index (χ1) is 14.3. The molecule has 2 aliphatic rings. The second kappa shape index (κ2) is 8.25. The monoisotopic (exact) mass is 438 g/mol. The summed E-state index contributed by atoms with van der Waals surface area (Å²) in [7, 11) is 0. The van der Waals surface area contributed by atoms with E-state index >= 15 is 0 Å². The summed E-state index contributed by atoms with van der Waals surface area (Å²) in [4.78, 5) is 35.6. The van der Waals surface area contributed by atoms with Crippen LogP contribution >= 0.6 is 11.3 Å². The average Bonchev–Trinajstić information content (AvgIpc) is 3.44. The summed E-state index contributed by atoms with van der Waals surface area (Å²) in [6.45, 7) is 2.42. The third kappa shape index (κ3) is 4.14. The van der Waals surface area contributed by atoms with Crippen molar-refractivity contribution in [1.29, 1.82) is 0 Å². The number of amides is 2. The number of likely N-dealkylation sites (tertiary alicyclic amines) is 1. The molecule has 2 aliphatic heterocycles. The molecule has 0 aliphatic carbocycles. The van der Waals surface area contributed by atoms with Crippen molar-refractivity contribution in [3.05, 3.63) is 46.3 Å². The van der Waals surface area contributed by atoms with Gasteiger partial charge >= 0.3 is 6.18 Å². The van der Waals surface area contributed by atoms with Gasteiger partial charge in [-0.3, -0.25) is 9.59 Å². The normalized spacial score (nSPS) is 20.0. The van der Waals surface area contributed by atoms with Crippen molar-refractivity contribution in [2.24, 2.45) is 0 Å². The molecule has 4 rings (SSSR count). The highest BCUT2D eigenvalue weighted by Crippen LogP contribution is 2.30. The number of hydrogen-bond donors (Lipinski definition) is 0. The largest absolute Gasteiger partial charge is 0.417 e. The van der Waals surface area contributed by atoms with Gasteiger partial charge in [-0.15, -0.1) is 11.3 Å². The molecule has 0 aromatic carbocycles. The number of carbonyl (C=O) groups is 2. The first-order valence-electron chi connectivity index (χ1n) is 9.76. The molecule has 2 amide bonds. The van der Waals surface area contributed by atoms with Crippen LogP contribution < -0.4 is 4.90 Å². The Labute approximate surface area is 175 Å². The highest BCUT2D eigenvalue weighted by atomic mass is 32.1. The van der Waals surface area contributed by atoms with E-state index in [1.807, 2.05) is 16.3 Å². The van der Waals surface area contributed by atoms with Crippen molar-refractivity contribution in [3.8, 4) is 0 Å². The van der Waals surface area contributed by atoms with Gasteiger partial charge in [0.25, 0.3) is 5.91 Å². The van der Waals surface area contributed by atoms with Crippen molar-refractivity contribution in [2.75, 3.05) is 37.6 Å². The first-order valence-corrected chi connectivity index (χ1v) is 10.6. The van der Waals surface area contributed by atoms with E-state index in [9.17, 15) is 22.8 Å². The number of hydrogen-bond acceptors (Lipinski definition) is 5. The number of carbonyl (C=O) groups excluding carboxylic acids is 2. The second-order valence-corrected chi connectivity index (χ2v) is 8.30. The van der Waals surface area contributed by atoms with Gasteiger partial charge in [0.2, 0.25) is 5.91 Å². The Morgan fingerprint density at radius 1 is 1.07 bits per heavy atom. The molecule has 0 spiro atoms. The zero-order valence-corrected chi connectivity index (χ0v) is 17.0. The Hall–Kier alpha value is -2.62. The number of aromatic nitrogens is 1. The molecule has 2 fully saturated rings. The molecule has 6 nitrogen and oxygen atoms in total. The van der Waals surface area contributed by atoms with E-state index in [0.29, 0.717) is 49.8 Å². The predicted octanol–water partition coefficient (Wildman–Crippen LogP) is 3.12. The molecule has 2 aromatic heterocycles. The van der Waals surface area contributed by atoms with Crippen LogP contribution in [0.5, 0.6) is 0 Å². The molecule has 2 saturated heterocycles. The Bertz CT molecular complexity index is 894. The van der Waals surface area contributed by atoms with Gasteiger partial charge in [0.15, 0.2) is 0 Å². The molecule has 4 heterocycles. The number of anilines is 1. The van der Waals surface area contributed by atoms with Crippen LogP contribution in [0.25, 0.3) is 0 Å². The molecule has 0 radical (unpaired) electrons. The highest BCUT2D eigenvalue weighted by Gasteiger charge is 2.38. The van der Waals surface area contributed by atoms with Crippen molar-refractivity contribution in [1.82, 2.24) is 14.8 Å². The number of rotatable bonds is 3. The van der Waals surface area contributed by atoms with Gasteiger partial charge in [-0.05, 0) is 36.4 Å². The van der Waals surface area contributed by atoms with E-state index in [2.05, 4.69) is 4.98 Å². The maximum Gasteiger partial charge on any atom is 0.417 e. The lowest BCUT2D eigenvalue weighted by atomic mass is 10.1. The third-order valence-corrected chi connectivity index (χ3v) is 6.38. The summed E-state index contributed by atoms with van der Waals surface area (Å²) < 4.78 is 38.1. The summed E-state index contributed by atoms with van der Waals surface area (Å²) in [6.07, 6.45) is -2.14. The Kier molecular flexibility index (Phi) is 5.68. The number of pyridine rings is 1. The van der Waals surface area contributed by atoms with E-state index in [-0.39, 0.29) is 11.8 Å². The van der Waals surface area contributed by atoms with Crippen LogP contribution in [0.3, 0.4) is 0 Å². The first kappa shape index (κ1) is 20.6.